The van der Waals surface area contributed by atoms with Gasteiger partial charge in [0.25, 0.3) is 10.1 Å². The fourth-order valence-electron chi connectivity index (χ4n) is 10.3. The maximum atomic E-state index is 14.2. The second-order valence-corrected chi connectivity index (χ2v) is 24.5. The molecule has 422 valence electrons. The van der Waals surface area contributed by atoms with Crippen molar-refractivity contribution in [3.05, 3.63) is 132 Å². The van der Waals surface area contributed by atoms with Crippen LogP contribution in [0.25, 0.3) is 33.4 Å². The molecule has 2 fully saturated rings. The van der Waals surface area contributed by atoms with Crippen LogP contribution in [0.2, 0.25) is 0 Å². The van der Waals surface area contributed by atoms with Crippen molar-refractivity contribution in [2.45, 2.75) is 92.7 Å². The number of carboxylic acid groups (broad SMARTS) is 1. The Morgan fingerprint density at radius 1 is 0.838 bits per heavy atom. The van der Waals surface area contributed by atoms with Gasteiger partial charge in [0, 0.05) is 79.0 Å². The molecule has 1 aliphatic carbocycles. The van der Waals surface area contributed by atoms with E-state index in [-0.39, 0.29) is 41.3 Å². The van der Waals surface area contributed by atoms with E-state index in [4.69, 9.17) is 9.15 Å². The highest BCUT2D eigenvalue weighted by molar-refractivity contribution is 7.89. The van der Waals surface area contributed by atoms with Crippen molar-refractivity contribution in [1.82, 2.24) is 38.8 Å². The number of fused-ring (bicyclic) bond motifs is 2. The fourth-order valence-corrected chi connectivity index (χ4v) is 13.8. The number of carbonyl (C=O) groups is 3. The van der Waals surface area contributed by atoms with E-state index >= 15 is 0 Å². The summed E-state index contributed by atoms with van der Waals surface area (Å²) in [6.45, 7) is 11.4. The van der Waals surface area contributed by atoms with Crippen LogP contribution in [0.3, 0.4) is 0 Å². The molecule has 9 rings (SSSR count). The first kappa shape index (κ1) is 57.1. The Bertz CT molecular complexity index is 3840. The molecular formula is C55H62N9O13S3+. The first-order valence-corrected chi connectivity index (χ1v) is 30.6. The second kappa shape index (κ2) is 23.7. The smallest absolute Gasteiger partial charge is 0.415 e. The number of benzene rings is 5. The predicted molar refractivity (Wildman–Crippen MR) is 296 cm³/mol. The Labute approximate surface area is 463 Å². The van der Waals surface area contributed by atoms with Gasteiger partial charge in [0.05, 0.1) is 40.3 Å². The molecule has 80 heavy (non-hydrogen) atoms. The zero-order chi connectivity index (χ0) is 57.1. The monoisotopic (exact) mass is 1150 g/mol. The quantitative estimate of drug-likeness (QED) is 0.0411. The molecule has 3 aliphatic heterocycles. The average molecular weight is 1150 g/mol. The molecule has 4 aromatic carbocycles. The van der Waals surface area contributed by atoms with Crippen LogP contribution in [-0.4, -0.2) is 135 Å². The highest BCUT2D eigenvalue weighted by Crippen LogP contribution is 2.44. The summed E-state index contributed by atoms with van der Waals surface area (Å²) in [6.07, 6.45) is 2.27. The Balaban J connectivity index is 0.956. The Kier molecular flexibility index (Phi) is 16.9. The first-order chi connectivity index (χ1) is 38.2. The number of rotatable bonds is 20. The van der Waals surface area contributed by atoms with Crippen LogP contribution in [-0.2, 0) is 52.7 Å². The van der Waals surface area contributed by atoms with Gasteiger partial charge in [-0.2, -0.15) is 12.7 Å². The van der Waals surface area contributed by atoms with Crippen molar-refractivity contribution in [3.63, 3.8) is 0 Å². The van der Waals surface area contributed by atoms with Gasteiger partial charge < -0.3 is 29.4 Å². The predicted octanol–water partition coefficient (Wildman–Crippen LogP) is 5.59. The summed E-state index contributed by atoms with van der Waals surface area (Å²) in [4.78, 5) is 41.7. The van der Waals surface area contributed by atoms with Crippen molar-refractivity contribution in [2.24, 2.45) is 0 Å². The number of likely N-dealkylation sites (tertiary alicyclic amines) is 1. The van der Waals surface area contributed by atoms with E-state index < -0.39 is 82.6 Å². The summed E-state index contributed by atoms with van der Waals surface area (Å²) in [5.74, 6) is -1.58. The normalized spacial score (nSPS) is 16.5. The van der Waals surface area contributed by atoms with Crippen LogP contribution in [0.1, 0.15) is 64.3 Å². The number of anilines is 1. The highest BCUT2D eigenvalue weighted by Gasteiger charge is 2.46. The van der Waals surface area contributed by atoms with Gasteiger partial charge in [0.15, 0.2) is 0 Å². The summed E-state index contributed by atoms with van der Waals surface area (Å²) >= 11 is 0. The molecule has 3 atom stereocenters. The van der Waals surface area contributed by atoms with Crippen LogP contribution in [0, 0.1) is 0 Å². The molecule has 4 heterocycles. The summed E-state index contributed by atoms with van der Waals surface area (Å²) in [7, 11) is -14.0. The lowest BCUT2D eigenvalue weighted by molar-refractivity contribution is -0.142. The lowest BCUT2D eigenvalue weighted by atomic mass is 9.93. The van der Waals surface area contributed by atoms with Gasteiger partial charge in [-0.1, -0.05) is 41.6 Å². The number of carbonyl (C=O) groups excluding carboxylic acids is 2. The minimum Gasteiger partial charge on any atom is -0.480 e. The van der Waals surface area contributed by atoms with Crippen LogP contribution < -0.4 is 29.6 Å². The minimum atomic E-state index is -5.09. The van der Waals surface area contributed by atoms with Crippen molar-refractivity contribution in [3.8, 4) is 28.2 Å². The van der Waals surface area contributed by atoms with E-state index in [2.05, 4.69) is 29.8 Å². The van der Waals surface area contributed by atoms with Crippen molar-refractivity contribution in [1.29, 1.82) is 0 Å². The zero-order valence-corrected chi connectivity index (χ0v) is 46.9. The van der Waals surface area contributed by atoms with Crippen molar-refractivity contribution < 1.29 is 58.5 Å². The average Bonchev–Trinajstić information content (AvgIpc) is 4.27. The van der Waals surface area contributed by atoms with Gasteiger partial charge >= 0.3 is 12.1 Å². The largest absolute Gasteiger partial charge is 0.480 e. The molecule has 0 unspecified atom stereocenters. The molecule has 0 spiro atoms. The summed E-state index contributed by atoms with van der Waals surface area (Å²) < 4.78 is 113. The van der Waals surface area contributed by atoms with E-state index in [1.807, 2.05) is 64.1 Å². The summed E-state index contributed by atoms with van der Waals surface area (Å²) in [6, 6.07) is 24.3. The summed E-state index contributed by atoms with van der Waals surface area (Å²) in [5.41, 5.74) is 2.79. The Hall–Kier alpha value is -7.55. The molecule has 4 N–H and O–H groups in total. The van der Waals surface area contributed by atoms with Gasteiger partial charge in [-0.05, 0) is 107 Å². The number of aliphatic carboxylic acids is 1. The topological polar surface area (TPSA) is 284 Å². The number of amides is 2. The molecule has 0 saturated carbocycles. The third-order valence-corrected chi connectivity index (χ3v) is 18.7. The molecule has 25 heteroatoms. The van der Waals surface area contributed by atoms with E-state index in [1.165, 1.54) is 59.4 Å². The third-order valence-electron chi connectivity index (χ3n) is 14.6. The van der Waals surface area contributed by atoms with E-state index in [1.54, 1.807) is 23.1 Å². The third kappa shape index (κ3) is 12.1. The lowest BCUT2D eigenvalue weighted by Gasteiger charge is -2.25. The number of carboxylic acids is 1. The number of nitrogens with zero attached hydrogens (tertiary/aromatic N) is 7. The molecule has 5 aromatic rings. The zero-order valence-electron chi connectivity index (χ0n) is 44.4. The van der Waals surface area contributed by atoms with Crippen LogP contribution in [0.15, 0.2) is 134 Å². The maximum Gasteiger partial charge on any atom is 0.415 e. The molecule has 1 aromatic heterocycles. The standard InChI is InChI=1S/C55H61N9O13S3/c1-5-60(6-2)38-18-23-44-49(30-38)77-50-31-39(61(7-3)8-4)19-24-45(50)52(44)46-25-22-43(32-51(46)80(73,74)75)78(69,70)56-33-37-34-63(59-58-37)40-29-48(64(35-40)79(71,72)42-14-10-9-11-15-42)53(65)57-47(54(66)67)28-36-16-20-41(21-17-36)76-55(68)62-26-12-13-27-62/h9-11,14-25,30-32,34,40,47-48,56H,5-8,12-13,26-29,33,35H2,1-4H3,(H2-,57,65,66,67,73,74,75)/p+1/t40-,47+,48+/m1/s1. The molecule has 22 nitrogen and oxygen atoms in total. The Morgan fingerprint density at radius 3 is 2.20 bits per heavy atom. The fraction of sp³-hybridized carbons (Fsp3) is 0.345. The van der Waals surface area contributed by atoms with Gasteiger partial charge in [-0.3, -0.25) is 9.35 Å². The van der Waals surface area contributed by atoms with Crippen LogP contribution >= 0.6 is 0 Å². The van der Waals surface area contributed by atoms with Gasteiger partial charge in [-0.25, -0.2) is 40.4 Å². The molecule has 0 bridgehead atoms. The number of ether oxygens (including phenoxy) is 1. The maximum absolute atomic E-state index is 14.2. The second-order valence-electron chi connectivity index (χ2n) is 19.4. The SMILES string of the molecule is CCN(CC)c1ccc2c(-c3ccc(S(=O)(=O)NCc4cn([C@@H]5C[C@@H](C(=O)N[C@@H](Cc6ccc(OC(=O)N7CCCC7)cc6)C(=O)O)N(S(=O)(=O)c6ccccc6)C5)nn4)cc3S(=O)(=O)O)c3ccc(=[N+](CC)CC)cc-3oc2c1. The number of hydrogen-bond donors (Lipinski definition) is 4. The highest BCUT2D eigenvalue weighted by atomic mass is 32.2. The number of nitrogens with one attached hydrogen (secondary N) is 2. The van der Waals surface area contributed by atoms with E-state index in [0.29, 0.717) is 72.7 Å². The molecule has 0 radical (unpaired) electrons. The van der Waals surface area contributed by atoms with Crippen molar-refractivity contribution in [2.75, 3.05) is 50.7 Å². The first-order valence-electron chi connectivity index (χ1n) is 26.2. The lowest BCUT2D eigenvalue weighted by Crippen LogP contribution is -2.51. The van der Waals surface area contributed by atoms with Gasteiger partial charge in [0.1, 0.15) is 47.2 Å². The van der Waals surface area contributed by atoms with Crippen LogP contribution in [0.4, 0.5) is 10.5 Å². The van der Waals surface area contributed by atoms with Crippen LogP contribution in [0.5, 0.6) is 5.75 Å². The summed E-state index contributed by atoms with van der Waals surface area (Å²) in [5, 5.41) is 22.4. The van der Waals surface area contributed by atoms with Crippen molar-refractivity contribution >= 4 is 64.8 Å². The number of hydrogen-bond acceptors (Lipinski definition) is 14. The van der Waals surface area contributed by atoms with E-state index in [0.717, 1.165) is 34.3 Å². The number of aromatic nitrogens is 3. The van der Waals surface area contributed by atoms with Gasteiger partial charge in [-0.15, -0.1) is 5.10 Å². The molecule has 2 saturated heterocycles. The number of sulfonamides is 2. The molecular weight excluding hydrogens is 1090 g/mol. The van der Waals surface area contributed by atoms with E-state index in [9.17, 15) is 49.3 Å². The molecule has 4 aliphatic rings. The van der Waals surface area contributed by atoms with Gasteiger partial charge in [0.2, 0.25) is 31.3 Å². The molecule has 2 amide bonds. The Morgan fingerprint density at radius 2 is 1.54 bits per heavy atom. The minimum absolute atomic E-state index is 0.0279.